The summed E-state index contributed by atoms with van der Waals surface area (Å²) in [6, 6.07) is 0. The van der Waals surface area contributed by atoms with Gasteiger partial charge >= 0.3 is 23.9 Å². The van der Waals surface area contributed by atoms with E-state index < -0.39 is 76.5 Å². The van der Waals surface area contributed by atoms with Crippen LogP contribution in [0.2, 0.25) is 0 Å². The van der Waals surface area contributed by atoms with Gasteiger partial charge in [-0.05, 0) is 6.92 Å². The smallest absolute Gasteiger partial charge is 0.335 e. The quantitative estimate of drug-likeness (QED) is 0.108. The molecule has 0 bridgehead atoms. The number of hydroxylamine groups is 8. The van der Waals surface area contributed by atoms with Crippen molar-refractivity contribution in [3.63, 3.8) is 0 Å². The van der Waals surface area contributed by atoms with Crippen molar-refractivity contribution in [2.45, 2.75) is 91.4 Å². The van der Waals surface area contributed by atoms with E-state index in [-0.39, 0.29) is 110 Å². The number of ether oxygens (including phenoxy) is 4. The molecule has 328 valence electrons. The van der Waals surface area contributed by atoms with E-state index in [1.807, 2.05) is 6.92 Å². The van der Waals surface area contributed by atoms with E-state index in [1.165, 1.54) is 7.11 Å². The third-order valence-corrected chi connectivity index (χ3v) is 7.89. The van der Waals surface area contributed by atoms with Crippen LogP contribution in [-0.2, 0) is 95.8 Å². The van der Waals surface area contributed by atoms with Gasteiger partial charge in [-0.3, -0.25) is 38.4 Å². The second kappa shape index (κ2) is 24.9. The normalized spacial score (nSPS) is 16.6. The summed E-state index contributed by atoms with van der Waals surface area (Å²) in [7, 11) is 1.49. The summed E-state index contributed by atoms with van der Waals surface area (Å²) in [6.45, 7) is 5.34. The zero-order valence-electron chi connectivity index (χ0n) is 33.2. The Bertz CT molecular complexity index is 1490. The number of methoxy groups -OCH3 is 1. The standard InChI is InChI=1S/C22H32N2O12.C7H9NO4.C6H7NO4/c1-3-32-13-22(12-31-2,14-33-10-8-20(29)35-23-16(25)4-5-17(23)26)15-34-11-9-21(30)36-24-18(27)6-7-19(24)28;1-2-7(11)12-8-5(9)3-4-6(8)10;1-4(8)11-7-5(9)2-3-6(7)10/h3-15H2,1-2H3;2-4H2,1H3;2-3H2,1H3. The molecule has 0 saturated carbocycles. The van der Waals surface area contributed by atoms with Crippen molar-refractivity contribution in [3.05, 3.63) is 0 Å². The second-order valence-electron chi connectivity index (χ2n) is 12.8. The maximum atomic E-state index is 11.9. The molecule has 59 heavy (non-hydrogen) atoms. The van der Waals surface area contributed by atoms with Crippen molar-refractivity contribution in [2.75, 3.05) is 53.4 Å². The maximum Gasteiger partial charge on any atom is 0.335 e. The molecule has 8 amide bonds. The van der Waals surface area contributed by atoms with E-state index in [1.54, 1.807) is 6.92 Å². The van der Waals surface area contributed by atoms with Crippen LogP contribution in [0, 0.1) is 5.41 Å². The fraction of sp³-hybridized carbons (Fsp3) is 0.657. The van der Waals surface area contributed by atoms with E-state index >= 15 is 0 Å². The summed E-state index contributed by atoms with van der Waals surface area (Å²) >= 11 is 0. The molecule has 0 radical (unpaired) electrons. The number of hydrogen-bond acceptors (Lipinski definition) is 20. The topological polar surface area (TPSA) is 292 Å². The Labute approximate surface area is 337 Å². The van der Waals surface area contributed by atoms with Crippen LogP contribution in [0.4, 0.5) is 0 Å². The lowest BCUT2D eigenvalue weighted by Gasteiger charge is -2.32. The number of rotatable bonds is 20. The monoisotopic (exact) mass is 844 g/mol. The zero-order chi connectivity index (χ0) is 44.1. The Morgan fingerprint density at radius 2 is 0.780 bits per heavy atom. The van der Waals surface area contributed by atoms with Crippen molar-refractivity contribution >= 4 is 71.1 Å². The van der Waals surface area contributed by atoms with Gasteiger partial charge < -0.3 is 38.3 Å². The molecule has 4 rings (SSSR count). The molecule has 0 N–H and O–H groups in total. The van der Waals surface area contributed by atoms with Gasteiger partial charge in [-0.1, -0.05) is 6.92 Å². The molecule has 0 aliphatic carbocycles. The number of amides is 8. The van der Waals surface area contributed by atoms with Crippen molar-refractivity contribution in [1.82, 2.24) is 20.3 Å². The fourth-order valence-corrected chi connectivity index (χ4v) is 4.98. The van der Waals surface area contributed by atoms with Crippen molar-refractivity contribution in [3.8, 4) is 0 Å². The van der Waals surface area contributed by atoms with Gasteiger partial charge in [0.2, 0.25) is 0 Å². The van der Waals surface area contributed by atoms with E-state index in [2.05, 4.69) is 9.68 Å². The highest BCUT2D eigenvalue weighted by atomic mass is 16.7. The number of imide groups is 4. The van der Waals surface area contributed by atoms with Gasteiger partial charge in [0.25, 0.3) is 47.3 Å². The average Bonchev–Trinajstić information content (AvgIpc) is 3.90. The molecule has 4 heterocycles. The molecule has 4 aliphatic heterocycles. The van der Waals surface area contributed by atoms with Crippen LogP contribution in [0.25, 0.3) is 0 Å². The summed E-state index contributed by atoms with van der Waals surface area (Å²) < 4.78 is 22.1. The first-order chi connectivity index (χ1) is 28.0. The third-order valence-electron chi connectivity index (χ3n) is 7.89. The van der Waals surface area contributed by atoms with Crippen LogP contribution in [0.15, 0.2) is 0 Å². The van der Waals surface area contributed by atoms with Gasteiger partial charge in [0.05, 0.1) is 57.9 Å². The highest BCUT2D eigenvalue weighted by Crippen LogP contribution is 2.22. The minimum absolute atomic E-state index is 0.00576. The summed E-state index contributed by atoms with van der Waals surface area (Å²) in [6.07, 6.45) is 0.307. The SMILES string of the molecule is CC(=O)ON1C(=O)CCC1=O.CCC(=O)ON1C(=O)CCC1=O.CCOCC(COC)(COCCC(=O)ON1C(=O)CCC1=O)COCCC(=O)ON1C(=O)CCC1=O. The molecule has 4 fully saturated rings. The predicted octanol–water partition coefficient (Wildman–Crippen LogP) is -0.699. The number of carbonyl (C=O) groups is 12. The molecule has 0 spiro atoms. The number of carbonyl (C=O) groups excluding carboxylic acids is 12. The summed E-state index contributed by atoms with van der Waals surface area (Å²) in [5.74, 6) is -6.86. The average molecular weight is 845 g/mol. The molecule has 0 aromatic carbocycles. The highest BCUT2D eigenvalue weighted by Gasteiger charge is 2.36. The summed E-state index contributed by atoms with van der Waals surface area (Å²) in [5.41, 5.74) is -0.777. The zero-order valence-corrected chi connectivity index (χ0v) is 33.2. The summed E-state index contributed by atoms with van der Waals surface area (Å²) in [4.78, 5) is 153. The van der Waals surface area contributed by atoms with Gasteiger partial charge in [0, 0.05) is 78.4 Å². The lowest BCUT2D eigenvalue weighted by atomic mass is 9.92. The first kappa shape index (κ1) is 49.4. The molecule has 0 aromatic rings. The molecule has 0 aromatic heterocycles. The minimum atomic E-state index is -0.787. The van der Waals surface area contributed by atoms with Crippen LogP contribution >= 0.6 is 0 Å². The molecule has 24 heteroatoms. The molecule has 0 unspecified atom stereocenters. The van der Waals surface area contributed by atoms with Crippen molar-refractivity contribution in [2.24, 2.45) is 5.41 Å². The highest BCUT2D eigenvalue weighted by molar-refractivity contribution is 6.03. The number of hydrogen-bond donors (Lipinski definition) is 0. The van der Waals surface area contributed by atoms with Crippen LogP contribution in [0.1, 0.15) is 91.4 Å². The Morgan fingerprint density at radius 1 is 0.475 bits per heavy atom. The van der Waals surface area contributed by atoms with Gasteiger partial charge in [-0.25, -0.2) is 19.2 Å². The first-order valence-corrected chi connectivity index (χ1v) is 18.4. The Kier molecular flexibility index (Phi) is 20.9. The Balaban J connectivity index is 0.000000419. The molecule has 0 atom stereocenters. The molecule has 24 nitrogen and oxygen atoms in total. The van der Waals surface area contributed by atoms with Gasteiger partial charge in [-0.2, -0.15) is 0 Å². The van der Waals surface area contributed by atoms with Crippen molar-refractivity contribution < 1.29 is 95.8 Å². The largest absolute Gasteiger partial charge is 0.384 e. The van der Waals surface area contributed by atoms with E-state index in [0.717, 1.165) is 6.92 Å². The molecule has 4 saturated heterocycles. The first-order valence-electron chi connectivity index (χ1n) is 18.4. The summed E-state index contributed by atoms with van der Waals surface area (Å²) in [5, 5.41) is 2.01. The van der Waals surface area contributed by atoms with Crippen molar-refractivity contribution in [1.29, 1.82) is 0 Å². The molecular weight excluding hydrogens is 796 g/mol. The second-order valence-corrected chi connectivity index (χ2v) is 12.8. The molecular formula is C35H48N4O20. The van der Waals surface area contributed by atoms with E-state index in [0.29, 0.717) is 26.9 Å². The lowest BCUT2D eigenvalue weighted by Crippen LogP contribution is -2.42. The van der Waals surface area contributed by atoms with Crippen LogP contribution in [0.3, 0.4) is 0 Å². The van der Waals surface area contributed by atoms with Crippen LogP contribution < -0.4 is 0 Å². The van der Waals surface area contributed by atoms with Gasteiger partial charge in [0.1, 0.15) is 0 Å². The van der Waals surface area contributed by atoms with Crippen LogP contribution in [-0.4, -0.2) is 145 Å². The van der Waals surface area contributed by atoms with Gasteiger partial charge in [0.15, 0.2) is 0 Å². The fourth-order valence-electron chi connectivity index (χ4n) is 4.98. The Morgan fingerprint density at radius 3 is 1.07 bits per heavy atom. The van der Waals surface area contributed by atoms with E-state index in [9.17, 15) is 57.5 Å². The third kappa shape index (κ3) is 16.6. The maximum absolute atomic E-state index is 11.9. The minimum Gasteiger partial charge on any atom is -0.384 e. The van der Waals surface area contributed by atoms with Gasteiger partial charge in [-0.15, -0.1) is 20.3 Å². The molecule has 4 aliphatic rings. The van der Waals surface area contributed by atoms with E-state index in [4.69, 9.17) is 28.6 Å². The van der Waals surface area contributed by atoms with Crippen LogP contribution in [0.5, 0.6) is 0 Å². The number of nitrogens with zero attached hydrogens (tertiary/aromatic N) is 4. The predicted molar refractivity (Wildman–Crippen MR) is 186 cm³/mol. The Hall–Kier alpha value is -5.72. The lowest BCUT2D eigenvalue weighted by molar-refractivity contribution is -0.198.